The number of phenols is 2. The highest BCUT2D eigenvalue weighted by Crippen LogP contribution is 2.38. The van der Waals surface area contributed by atoms with Gasteiger partial charge in [0, 0.05) is 28.5 Å². The number of nitrogens with zero attached hydrogens (tertiary/aromatic N) is 1. The molecule has 27 heavy (non-hydrogen) atoms. The second-order valence-corrected chi connectivity index (χ2v) is 6.88. The molecule has 0 radical (unpaired) electrons. The van der Waals surface area contributed by atoms with Gasteiger partial charge >= 0.3 is 0 Å². The van der Waals surface area contributed by atoms with E-state index in [1.165, 1.54) is 0 Å². The normalized spacial score (nSPS) is 11.3. The highest BCUT2D eigenvalue weighted by molar-refractivity contribution is 5.98. The lowest BCUT2D eigenvalue weighted by molar-refractivity contribution is 0.100. The molecule has 6 N–H and O–H groups in total. The third kappa shape index (κ3) is 3.57. The van der Waals surface area contributed by atoms with Gasteiger partial charge in [-0.1, -0.05) is 19.9 Å². The number of primary amides is 1. The van der Waals surface area contributed by atoms with Crippen LogP contribution in [-0.2, 0) is 6.42 Å². The van der Waals surface area contributed by atoms with Crippen LogP contribution < -0.4 is 11.5 Å². The summed E-state index contributed by atoms with van der Waals surface area (Å²) in [6, 6.07) is 10.2. The zero-order chi connectivity index (χ0) is 19.7. The van der Waals surface area contributed by atoms with Crippen molar-refractivity contribution in [2.75, 3.05) is 6.54 Å². The molecule has 1 amide bonds. The molecule has 2 aromatic carbocycles. The predicted molar refractivity (Wildman–Crippen MR) is 106 cm³/mol. The molecule has 3 rings (SSSR count). The highest BCUT2D eigenvalue weighted by atomic mass is 16.3. The first-order valence-electron chi connectivity index (χ1n) is 8.81. The first kappa shape index (κ1) is 18.7. The molecule has 0 aliphatic rings. The molecule has 0 aliphatic heterocycles. The van der Waals surface area contributed by atoms with Crippen molar-refractivity contribution in [2.45, 2.75) is 26.2 Å². The zero-order valence-electron chi connectivity index (χ0n) is 15.4. The molecule has 3 aromatic rings. The number of aromatic nitrogens is 1. The average Bonchev–Trinajstić information content (AvgIpc) is 2.60. The molecule has 6 heteroatoms. The molecule has 0 fully saturated rings. The highest BCUT2D eigenvalue weighted by Gasteiger charge is 2.16. The minimum atomic E-state index is -0.507. The van der Waals surface area contributed by atoms with Crippen molar-refractivity contribution >= 4 is 16.7 Å². The van der Waals surface area contributed by atoms with Gasteiger partial charge in [-0.3, -0.25) is 9.78 Å². The molecule has 1 heterocycles. The molecule has 0 saturated carbocycles. The zero-order valence-corrected chi connectivity index (χ0v) is 15.4. The Morgan fingerprint density at radius 3 is 2.33 bits per heavy atom. The summed E-state index contributed by atoms with van der Waals surface area (Å²) in [6.45, 7) is 4.22. The molecular formula is C21H23N3O3. The average molecular weight is 365 g/mol. The molecule has 0 saturated heterocycles. The number of hydrogen-bond acceptors (Lipinski definition) is 5. The van der Waals surface area contributed by atoms with Crippen molar-refractivity contribution in [2.24, 2.45) is 11.5 Å². The van der Waals surface area contributed by atoms with Gasteiger partial charge in [0.2, 0.25) is 5.91 Å². The van der Waals surface area contributed by atoms with E-state index in [4.69, 9.17) is 11.5 Å². The Bertz CT molecular complexity index is 1010. The van der Waals surface area contributed by atoms with E-state index in [-0.39, 0.29) is 17.4 Å². The summed E-state index contributed by atoms with van der Waals surface area (Å²) in [5.41, 5.74) is 14.0. The lowest BCUT2D eigenvalue weighted by atomic mass is 9.96. The van der Waals surface area contributed by atoms with Crippen LogP contribution in [-0.4, -0.2) is 27.6 Å². The lowest BCUT2D eigenvalue weighted by Gasteiger charge is -2.14. The van der Waals surface area contributed by atoms with Gasteiger partial charge < -0.3 is 21.7 Å². The Labute approximate surface area is 157 Å². The molecule has 140 valence electrons. The van der Waals surface area contributed by atoms with Crippen molar-refractivity contribution in [3.63, 3.8) is 0 Å². The second-order valence-electron chi connectivity index (χ2n) is 6.88. The van der Waals surface area contributed by atoms with E-state index in [1.54, 1.807) is 24.3 Å². The van der Waals surface area contributed by atoms with Crippen molar-refractivity contribution in [3.05, 3.63) is 53.2 Å². The molecule has 0 atom stereocenters. The summed E-state index contributed by atoms with van der Waals surface area (Å²) in [4.78, 5) is 16.2. The quantitative estimate of drug-likeness (QED) is 0.553. The third-order valence-electron chi connectivity index (χ3n) is 4.59. The van der Waals surface area contributed by atoms with Crippen molar-refractivity contribution < 1.29 is 15.0 Å². The Hall–Kier alpha value is -3.12. The van der Waals surface area contributed by atoms with Gasteiger partial charge in [-0.25, -0.2) is 0 Å². The van der Waals surface area contributed by atoms with E-state index in [0.29, 0.717) is 35.3 Å². The van der Waals surface area contributed by atoms with Gasteiger partial charge in [-0.05, 0) is 48.2 Å². The van der Waals surface area contributed by atoms with Crippen LogP contribution in [0, 0.1) is 0 Å². The maximum Gasteiger partial charge on any atom is 0.248 e. The van der Waals surface area contributed by atoms with Crippen molar-refractivity contribution in [1.82, 2.24) is 4.98 Å². The van der Waals surface area contributed by atoms with Gasteiger partial charge in [0.1, 0.15) is 11.5 Å². The van der Waals surface area contributed by atoms with Crippen LogP contribution in [0.4, 0.5) is 0 Å². The summed E-state index contributed by atoms with van der Waals surface area (Å²) in [6.07, 6.45) is 0.558. The first-order valence-corrected chi connectivity index (χ1v) is 8.81. The number of carbonyl (C=O) groups excluding carboxylic acids is 1. The maximum absolute atomic E-state index is 11.5. The number of carbonyl (C=O) groups is 1. The van der Waals surface area contributed by atoms with E-state index < -0.39 is 5.91 Å². The van der Waals surface area contributed by atoms with E-state index in [0.717, 1.165) is 16.5 Å². The number of nitrogens with two attached hydrogens (primary N) is 2. The van der Waals surface area contributed by atoms with Gasteiger partial charge in [-0.15, -0.1) is 0 Å². The summed E-state index contributed by atoms with van der Waals surface area (Å²) in [7, 11) is 0. The lowest BCUT2D eigenvalue weighted by Crippen LogP contribution is -2.11. The van der Waals surface area contributed by atoms with E-state index in [2.05, 4.69) is 4.98 Å². The Morgan fingerprint density at radius 1 is 1.11 bits per heavy atom. The van der Waals surface area contributed by atoms with Crippen molar-refractivity contribution in [1.29, 1.82) is 0 Å². The van der Waals surface area contributed by atoms with Gasteiger partial charge in [0.25, 0.3) is 0 Å². The summed E-state index contributed by atoms with van der Waals surface area (Å²) in [5.74, 6) is -0.483. The van der Waals surface area contributed by atoms with Crippen molar-refractivity contribution in [3.8, 4) is 22.8 Å². The third-order valence-corrected chi connectivity index (χ3v) is 4.59. The Balaban J connectivity index is 2.23. The summed E-state index contributed by atoms with van der Waals surface area (Å²) < 4.78 is 0. The fourth-order valence-electron chi connectivity index (χ4n) is 3.32. The molecule has 0 unspecified atom stereocenters. The molecule has 0 spiro atoms. The van der Waals surface area contributed by atoms with E-state index in [1.807, 2.05) is 26.0 Å². The number of fused-ring (bicyclic) bond motifs is 1. The molecule has 1 aromatic heterocycles. The van der Waals surface area contributed by atoms with Crippen LogP contribution in [0.1, 0.15) is 41.4 Å². The number of amides is 1. The van der Waals surface area contributed by atoms with Crippen LogP contribution in [0.25, 0.3) is 22.0 Å². The number of phenolic OH excluding ortho intramolecular Hbond substituents is 2. The second kappa shape index (κ2) is 7.25. The van der Waals surface area contributed by atoms with Gasteiger partial charge in [0.05, 0.1) is 11.4 Å². The SMILES string of the molecule is CC(C)c1c(O)cc(-c2cc3cc(C(N)=O)ccc3c(CCN)n2)cc1O. The molecule has 0 bridgehead atoms. The smallest absolute Gasteiger partial charge is 0.248 e. The number of rotatable bonds is 5. The van der Waals surface area contributed by atoms with Crippen LogP contribution >= 0.6 is 0 Å². The number of aromatic hydroxyl groups is 2. The van der Waals surface area contributed by atoms with E-state index in [9.17, 15) is 15.0 Å². The largest absolute Gasteiger partial charge is 0.507 e. The molecule has 0 aliphatic carbocycles. The van der Waals surface area contributed by atoms with E-state index >= 15 is 0 Å². The van der Waals surface area contributed by atoms with Gasteiger partial charge in [0.15, 0.2) is 0 Å². The monoisotopic (exact) mass is 365 g/mol. The number of benzene rings is 2. The topological polar surface area (TPSA) is 122 Å². The summed E-state index contributed by atoms with van der Waals surface area (Å²) in [5, 5.41) is 22.4. The van der Waals surface area contributed by atoms with Gasteiger partial charge in [-0.2, -0.15) is 0 Å². The Kier molecular flexibility index (Phi) is 5.01. The minimum Gasteiger partial charge on any atom is -0.507 e. The summed E-state index contributed by atoms with van der Waals surface area (Å²) >= 11 is 0. The maximum atomic E-state index is 11.5. The van der Waals surface area contributed by atoms with Crippen LogP contribution in [0.15, 0.2) is 36.4 Å². The first-order chi connectivity index (χ1) is 12.8. The molecule has 6 nitrogen and oxygen atoms in total. The fraction of sp³-hybridized carbons (Fsp3) is 0.238. The van der Waals surface area contributed by atoms with Crippen LogP contribution in [0.2, 0.25) is 0 Å². The standard InChI is InChI=1S/C21H23N3O3/c1-11(2)20-18(25)9-14(10-19(20)26)17-8-13-7-12(21(23)27)3-4-15(13)16(24-17)5-6-22/h3-4,7-11,25-26H,5-6,22H2,1-2H3,(H2,23,27). The number of hydrogen-bond donors (Lipinski definition) is 4. The number of pyridine rings is 1. The van der Waals surface area contributed by atoms with Crippen LogP contribution in [0.5, 0.6) is 11.5 Å². The fourth-order valence-corrected chi connectivity index (χ4v) is 3.32. The Morgan fingerprint density at radius 2 is 1.78 bits per heavy atom. The van der Waals surface area contributed by atoms with Crippen LogP contribution in [0.3, 0.4) is 0 Å². The predicted octanol–water partition coefficient (Wildman–Crippen LogP) is 3.04. The molecular weight excluding hydrogens is 342 g/mol. The minimum absolute atomic E-state index is 0.0189.